The summed E-state index contributed by atoms with van der Waals surface area (Å²) in [7, 11) is 0. The van der Waals surface area contributed by atoms with Crippen LogP contribution in [0.5, 0.6) is 5.75 Å². The third kappa shape index (κ3) is 2.48. The number of rotatable bonds is 4. The van der Waals surface area contributed by atoms with E-state index in [0.29, 0.717) is 17.9 Å². The minimum absolute atomic E-state index is 0.238. The molecule has 0 saturated carbocycles. The highest BCUT2D eigenvalue weighted by Crippen LogP contribution is 2.40. The van der Waals surface area contributed by atoms with E-state index in [9.17, 15) is 9.59 Å². The van der Waals surface area contributed by atoms with E-state index in [0.717, 1.165) is 5.56 Å². The fourth-order valence-corrected chi connectivity index (χ4v) is 2.38. The first-order valence-electron chi connectivity index (χ1n) is 6.78. The second-order valence-corrected chi connectivity index (χ2v) is 5.18. The van der Waals surface area contributed by atoms with Crippen molar-refractivity contribution in [3.63, 3.8) is 0 Å². The van der Waals surface area contributed by atoms with Gasteiger partial charge in [0.1, 0.15) is 12.3 Å². The highest BCUT2D eigenvalue weighted by atomic mass is 16.5. The molecule has 1 heterocycles. The number of ether oxygens (including phenoxy) is 1. The molecule has 0 fully saturated rings. The standard InChI is InChI=1S/C15H19NO4/c1-4-12-15(19)16(8-13(17)18)11-7-5-6-10(9(2)3)14(11)20-12/h5-7,9,12H,4,8H2,1-3H3,(H,17,18). The molecule has 5 heteroatoms. The molecule has 1 amide bonds. The molecular formula is C15H19NO4. The van der Waals surface area contributed by atoms with E-state index in [2.05, 4.69) is 0 Å². The van der Waals surface area contributed by atoms with Crippen LogP contribution in [0.2, 0.25) is 0 Å². The van der Waals surface area contributed by atoms with Gasteiger partial charge in [-0.05, 0) is 24.0 Å². The van der Waals surface area contributed by atoms with Gasteiger partial charge in [-0.1, -0.05) is 32.9 Å². The summed E-state index contributed by atoms with van der Waals surface area (Å²) < 4.78 is 5.81. The Kier molecular flexibility index (Phi) is 3.97. The van der Waals surface area contributed by atoms with Crippen molar-refractivity contribution < 1.29 is 19.4 Å². The quantitative estimate of drug-likeness (QED) is 0.917. The van der Waals surface area contributed by atoms with E-state index >= 15 is 0 Å². The number of carbonyl (C=O) groups is 2. The van der Waals surface area contributed by atoms with Crippen molar-refractivity contribution in [3.8, 4) is 5.75 Å². The van der Waals surface area contributed by atoms with Gasteiger partial charge in [0.15, 0.2) is 6.10 Å². The molecule has 1 aromatic carbocycles. The van der Waals surface area contributed by atoms with Crippen molar-refractivity contribution >= 4 is 17.6 Å². The Morgan fingerprint density at radius 3 is 2.70 bits per heavy atom. The molecule has 0 spiro atoms. The number of hydrogen-bond donors (Lipinski definition) is 1. The third-order valence-electron chi connectivity index (χ3n) is 3.40. The average Bonchev–Trinajstić information content (AvgIpc) is 2.40. The van der Waals surface area contributed by atoms with Crippen molar-refractivity contribution in [3.05, 3.63) is 23.8 Å². The molecule has 5 nitrogen and oxygen atoms in total. The van der Waals surface area contributed by atoms with Crippen LogP contribution in [0.25, 0.3) is 0 Å². The van der Waals surface area contributed by atoms with Gasteiger partial charge >= 0.3 is 5.97 Å². The zero-order chi connectivity index (χ0) is 14.9. The topological polar surface area (TPSA) is 66.8 Å². The SMILES string of the molecule is CCC1Oc2c(C(C)C)cccc2N(CC(=O)O)C1=O. The second kappa shape index (κ2) is 5.53. The predicted molar refractivity (Wildman–Crippen MR) is 75.2 cm³/mol. The number of para-hydroxylation sites is 1. The molecule has 0 aromatic heterocycles. The van der Waals surface area contributed by atoms with Crippen molar-refractivity contribution in [2.45, 2.75) is 39.2 Å². The number of fused-ring (bicyclic) bond motifs is 1. The summed E-state index contributed by atoms with van der Waals surface area (Å²) in [6.45, 7) is 5.59. The van der Waals surface area contributed by atoms with Crippen LogP contribution in [-0.2, 0) is 9.59 Å². The summed E-state index contributed by atoms with van der Waals surface area (Å²) in [5, 5.41) is 9.01. The maximum Gasteiger partial charge on any atom is 0.323 e. The van der Waals surface area contributed by atoms with Gasteiger partial charge in [-0.2, -0.15) is 0 Å². The lowest BCUT2D eigenvalue weighted by atomic mass is 9.99. The van der Waals surface area contributed by atoms with Crippen molar-refractivity contribution in [2.75, 3.05) is 11.4 Å². The number of carboxylic acid groups (broad SMARTS) is 1. The van der Waals surface area contributed by atoms with Gasteiger partial charge in [0.25, 0.3) is 5.91 Å². The summed E-state index contributed by atoms with van der Waals surface area (Å²) in [6, 6.07) is 5.50. The summed E-state index contributed by atoms with van der Waals surface area (Å²) in [5.74, 6) is -0.447. The number of anilines is 1. The smallest absolute Gasteiger partial charge is 0.323 e. The van der Waals surface area contributed by atoms with Crippen LogP contribution < -0.4 is 9.64 Å². The molecule has 0 aliphatic carbocycles. The molecule has 1 N–H and O–H groups in total. The van der Waals surface area contributed by atoms with E-state index in [1.165, 1.54) is 4.90 Å². The molecule has 20 heavy (non-hydrogen) atoms. The molecule has 1 atom stereocenters. The van der Waals surface area contributed by atoms with E-state index in [-0.39, 0.29) is 18.4 Å². The molecule has 0 bridgehead atoms. The fourth-order valence-electron chi connectivity index (χ4n) is 2.38. The lowest BCUT2D eigenvalue weighted by molar-refractivity contribution is -0.137. The zero-order valence-corrected chi connectivity index (χ0v) is 11.9. The van der Waals surface area contributed by atoms with Gasteiger partial charge in [0, 0.05) is 0 Å². The number of aliphatic carboxylic acids is 1. The largest absolute Gasteiger partial charge is 0.480 e. The molecule has 108 valence electrons. The Balaban J connectivity index is 2.53. The van der Waals surface area contributed by atoms with E-state index in [4.69, 9.17) is 9.84 Å². The molecule has 2 rings (SSSR count). The van der Waals surface area contributed by atoms with Gasteiger partial charge in [0.05, 0.1) is 5.69 Å². The van der Waals surface area contributed by atoms with Crippen LogP contribution >= 0.6 is 0 Å². The molecule has 0 saturated heterocycles. The molecule has 1 unspecified atom stereocenters. The van der Waals surface area contributed by atoms with E-state index in [1.807, 2.05) is 32.9 Å². The molecular weight excluding hydrogens is 258 g/mol. The number of hydrogen-bond acceptors (Lipinski definition) is 3. The van der Waals surface area contributed by atoms with E-state index < -0.39 is 12.1 Å². The number of benzene rings is 1. The summed E-state index contributed by atoms with van der Waals surface area (Å²) in [4.78, 5) is 24.6. The van der Waals surface area contributed by atoms with Crippen molar-refractivity contribution in [1.82, 2.24) is 0 Å². The van der Waals surface area contributed by atoms with Crippen LogP contribution in [0.4, 0.5) is 5.69 Å². The summed E-state index contributed by atoms with van der Waals surface area (Å²) >= 11 is 0. The van der Waals surface area contributed by atoms with Crippen molar-refractivity contribution in [2.24, 2.45) is 0 Å². The first-order valence-corrected chi connectivity index (χ1v) is 6.78. The first-order chi connectivity index (χ1) is 9.45. The Morgan fingerprint density at radius 2 is 2.15 bits per heavy atom. The Labute approximate surface area is 118 Å². The van der Waals surface area contributed by atoms with Crippen LogP contribution in [0, 0.1) is 0 Å². The minimum atomic E-state index is -1.03. The molecule has 1 aromatic rings. The van der Waals surface area contributed by atoms with Gasteiger partial charge in [-0.25, -0.2) is 0 Å². The highest BCUT2D eigenvalue weighted by Gasteiger charge is 2.35. The van der Waals surface area contributed by atoms with Gasteiger partial charge in [0.2, 0.25) is 0 Å². The Hall–Kier alpha value is -2.04. The van der Waals surface area contributed by atoms with Crippen LogP contribution in [-0.4, -0.2) is 29.6 Å². The number of carbonyl (C=O) groups excluding carboxylic acids is 1. The van der Waals surface area contributed by atoms with Crippen LogP contribution in [0.15, 0.2) is 18.2 Å². The lowest BCUT2D eigenvalue weighted by Crippen LogP contribution is -2.48. The molecule has 1 aliphatic rings. The fraction of sp³-hybridized carbons (Fsp3) is 0.467. The van der Waals surface area contributed by atoms with Gasteiger partial charge < -0.3 is 9.84 Å². The maximum absolute atomic E-state index is 12.3. The minimum Gasteiger partial charge on any atom is -0.480 e. The van der Waals surface area contributed by atoms with E-state index in [1.54, 1.807) is 6.07 Å². The monoisotopic (exact) mass is 277 g/mol. The number of nitrogens with zero attached hydrogens (tertiary/aromatic N) is 1. The van der Waals surface area contributed by atoms with Gasteiger partial charge in [-0.3, -0.25) is 14.5 Å². The first kappa shape index (κ1) is 14.4. The summed E-state index contributed by atoms with van der Waals surface area (Å²) in [6.07, 6.45) is -0.0948. The zero-order valence-electron chi connectivity index (χ0n) is 11.9. The van der Waals surface area contributed by atoms with Crippen molar-refractivity contribution in [1.29, 1.82) is 0 Å². The number of carboxylic acids is 1. The third-order valence-corrected chi connectivity index (χ3v) is 3.40. The summed E-state index contributed by atoms with van der Waals surface area (Å²) in [5.41, 5.74) is 1.54. The Bertz CT molecular complexity index is 539. The maximum atomic E-state index is 12.3. The normalized spacial score (nSPS) is 17.9. The average molecular weight is 277 g/mol. The number of amides is 1. The molecule has 0 radical (unpaired) electrons. The second-order valence-electron chi connectivity index (χ2n) is 5.18. The van der Waals surface area contributed by atoms with Gasteiger partial charge in [-0.15, -0.1) is 0 Å². The Morgan fingerprint density at radius 1 is 1.45 bits per heavy atom. The highest BCUT2D eigenvalue weighted by molar-refractivity contribution is 6.03. The molecule has 1 aliphatic heterocycles. The lowest BCUT2D eigenvalue weighted by Gasteiger charge is -2.34. The predicted octanol–water partition coefficient (Wildman–Crippen LogP) is 2.40. The van der Waals surface area contributed by atoms with Crippen LogP contribution in [0.1, 0.15) is 38.7 Å². The van der Waals surface area contributed by atoms with Crippen LogP contribution in [0.3, 0.4) is 0 Å².